The molecule has 2 heterocycles. The summed E-state index contributed by atoms with van der Waals surface area (Å²) >= 11 is 1.67. The molecule has 0 atom stereocenters. The number of hydrogen-bond donors (Lipinski definition) is 2. The highest BCUT2D eigenvalue weighted by Crippen LogP contribution is 2.31. The van der Waals surface area contributed by atoms with Crippen molar-refractivity contribution < 1.29 is 4.79 Å². The Morgan fingerprint density at radius 2 is 1.89 bits per heavy atom. The number of hydrogen-bond acceptors (Lipinski definition) is 4. The number of urea groups is 1. The Bertz CT molecular complexity index is 935. The van der Waals surface area contributed by atoms with E-state index in [1.807, 2.05) is 42.5 Å². The second-order valence-corrected chi connectivity index (χ2v) is 8.11. The van der Waals surface area contributed by atoms with Gasteiger partial charge in [-0.25, -0.2) is 4.79 Å². The van der Waals surface area contributed by atoms with E-state index in [4.69, 9.17) is 0 Å². The van der Waals surface area contributed by atoms with Crippen molar-refractivity contribution in [3.8, 4) is 0 Å². The van der Waals surface area contributed by atoms with E-state index in [0.717, 1.165) is 26.8 Å². The zero-order valence-electron chi connectivity index (χ0n) is 16.1. The number of rotatable bonds is 6. The molecule has 142 valence electrons. The normalized spacial score (nSPS) is 11.3. The Kier molecular flexibility index (Phi) is 6.01. The van der Waals surface area contributed by atoms with Gasteiger partial charge in [0.1, 0.15) is 5.82 Å². The van der Waals surface area contributed by atoms with Gasteiger partial charge in [-0.15, -0.1) is 10.2 Å². The lowest BCUT2D eigenvalue weighted by atomic mass is 10.2. The van der Waals surface area contributed by atoms with Crippen molar-refractivity contribution in [3.63, 3.8) is 0 Å². The fourth-order valence-electron chi connectivity index (χ4n) is 2.71. The van der Waals surface area contributed by atoms with Crippen molar-refractivity contribution in [1.82, 2.24) is 25.2 Å². The number of aromatic nitrogens is 3. The zero-order valence-corrected chi connectivity index (χ0v) is 16.9. The first-order valence-corrected chi connectivity index (χ1v) is 9.90. The minimum atomic E-state index is -0.155. The second-order valence-electron chi connectivity index (χ2n) is 7.00. The van der Waals surface area contributed by atoms with Crippen molar-refractivity contribution in [2.45, 2.75) is 56.0 Å². The minimum Gasteiger partial charge on any atom is -0.336 e. The van der Waals surface area contributed by atoms with Gasteiger partial charge < -0.3 is 10.6 Å². The molecular weight excluding hydrogens is 358 g/mol. The van der Waals surface area contributed by atoms with E-state index >= 15 is 0 Å². The van der Waals surface area contributed by atoms with Crippen LogP contribution >= 0.6 is 11.8 Å². The van der Waals surface area contributed by atoms with Gasteiger partial charge in [0.05, 0.1) is 0 Å². The lowest BCUT2D eigenvalue weighted by Crippen LogP contribution is -2.39. The molecule has 3 rings (SSSR count). The Hall–Kier alpha value is -2.54. The van der Waals surface area contributed by atoms with Crippen LogP contribution in [0.2, 0.25) is 0 Å². The summed E-state index contributed by atoms with van der Waals surface area (Å²) in [5.74, 6) is 1.25. The van der Waals surface area contributed by atoms with Crippen molar-refractivity contribution in [2.75, 3.05) is 0 Å². The Morgan fingerprint density at radius 3 is 2.63 bits per heavy atom. The smallest absolute Gasteiger partial charge is 0.315 e. The fraction of sp³-hybridized carbons (Fsp3) is 0.350. The van der Waals surface area contributed by atoms with Crippen LogP contribution in [0.5, 0.6) is 0 Å². The Balaban J connectivity index is 1.78. The third-order valence-corrected chi connectivity index (χ3v) is 5.07. The van der Waals surface area contributed by atoms with Gasteiger partial charge >= 0.3 is 6.03 Å². The number of pyridine rings is 1. The molecule has 1 aromatic carbocycles. The van der Waals surface area contributed by atoms with Gasteiger partial charge in [0.25, 0.3) is 0 Å². The maximum absolute atomic E-state index is 11.9. The standard InChI is InChI=1S/C20H25N5OS/c1-13(2)19-24-23-18-10-9-16(12-25(18)19)27-17-8-6-5-7-15(17)11-21-20(26)22-14(3)4/h5-10,12-14H,11H2,1-4H3,(H2,21,22,26). The molecule has 2 amide bonds. The average Bonchev–Trinajstić information content (AvgIpc) is 3.04. The number of amides is 2. The van der Waals surface area contributed by atoms with E-state index in [1.54, 1.807) is 11.8 Å². The SMILES string of the molecule is CC(C)NC(=O)NCc1ccccc1Sc1ccc2nnc(C(C)C)n2c1. The number of nitrogens with zero attached hydrogens (tertiary/aromatic N) is 3. The highest BCUT2D eigenvalue weighted by atomic mass is 32.2. The lowest BCUT2D eigenvalue weighted by molar-refractivity contribution is 0.238. The number of fused-ring (bicyclic) bond motifs is 1. The van der Waals surface area contributed by atoms with E-state index in [1.165, 1.54) is 0 Å². The predicted octanol–water partition coefficient (Wildman–Crippen LogP) is 4.21. The topological polar surface area (TPSA) is 71.3 Å². The van der Waals surface area contributed by atoms with Gasteiger partial charge in [0.2, 0.25) is 0 Å². The molecule has 0 saturated heterocycles. The van der Waals surface area contributed by atoms with Gasteiger partial charge in [0.15, 0.2) is 5.65 Å². The molecule has 2 N–H and O–H groups in total. The van der Waals surface area contributed by atoms with E-state index in [9.17, 15) is 4.79 Å². The summed E-state index contributed by atoms with van der Waals surface area (Å²) in [6.07, 6.45) is 2.07. The molecular formula is C20H25N5OS. The van der Waals surface area contributed by atoms with E-state index < -0.39 is 0 Å². The van der Waals surface area contributed by atoms with Crippen LogP contribution in [0.3, 0.4) is 0 Å². The van der Waals surface area contributed by atoms with Crippen LogP contribution in [0, 0.1) is 0 Å². The van der Waals surface area contributed by atoms with Crippen LogP contribution in [-0.4, -0.2) is 26.7 Å². The summed E-state index contributed by atoms with van der Waals surface area (Å²) in [4.78, 5) is 14.1. The van der Waals surface area contributed by atoms with Crippen LogP contribution in [-0.2, 0) is 6.54 Å². The third-order valence-electron chi connectivity index (χ3n) is 3.98. The molecule has 2 aromatic heterocycles. The van der Waals surface area contributed by atoms with Crippen LogP contribution in [0.4, 0.5) is 4.79 Å². The lowest BCUT2D eigenvalue weighted by Gasteiger charge is -2.13. The van der Waals surface area contributed by atoms with E-state index in [0.29, 0.717) is 12.5 Å². The summed E-state index contributed by atoms with van der Waals surface area (Å²) in [6.45, 7) is 8.58. The molecule has 0 unspecified atom stereocenters. The van der Waals surface area contributed by atoms with Crippen molar-refractivity contribution in [3.05, 3.63) is 54.0 Å². The van der Waals surface area contributed by atoms with Crippen LogP contribution in [0.25, 0.3) is 5.65 Å². The van der Waals surface area contributed by atoms with E-state index in [-0.39, 0.29) is 12.1 Å². The average molecular weight is 384 g/mol. The molecule has 3 aromatic rings. The Labute approximate surface area is 163 Å². The number of carbonyl (C=O) groups is 1. The monoisotopic (exact) mass is 383 g/mol. The summed E-state index contributed by atoms with van der Waals surface area (Å²) in [5.41, 5.74) is 1.93. The predicted molar refractivity (Wildman–Crippen MR) is 108 cm³/mol. The minimum absolute atomic E-state index is 0.111. The molecule has 0 aliphatic rings. The molecule has 6 nitrogen and oxygen atoms in total. The van der Waals surface area contributed by atoms with Gasteiger partial charge in [-0.2, -0.15) is 0 Å². The van der Waals surface area contributed by atoms with Gasteiger partial charge in [-0.3, -0.25) is 4.40 Å². The largest absolute Gasteiger partial charge is 0.336 e. The zero-order chi connectivity index (χ0) is 19.4. The second kappa shape index (κ2) is 8.43. The number of nitrogens with one attached hydrogen (secondary N) is 2. The molecule has 0 aliphatic carbocycles. The maximum atomic E-state index is 11.9. The van der Waals surface area contributed by atoms with Gasteiger partial charge in [-0.1, -0.05) is 43.8 Å². The number of benzene rings is 1. The number of carbonyl (C=O) groups excluding carboxylic acids is 1. The molecule has 27 heavy (non-hydrogen) atoms. The first-order chi connectivity index (χ1) is 12.9. The quantitative estimate of drug-likeness (QED) is 0.669. The summed E-state index contributed by atoms with van der Waals surface area (Å²) in [7, 11) is 0. The highest BCUT2D eigenvalue weighted by Gasteiger charge is 2.11. The van der Waals surface area contributed by atoms with Crippen molar-refractivity contribution >= 4 is 23.4 Å². The van der Waals surface area contributed by atoms with Gasteiger partial charge in [0, 0.05) is 34.5 Å². The molecule has 0 bridgehead atoms. The first-order valence-electron chi connectivity index (χ1n) is 9.09. The maximum Gasteiger partial charge on any atom is 0.315 e. The van der Waals surface area contributed by atoms with Crippen LogP contribution < -0.4 is 10.6 Å². The molecule has 7 heteroatoms. The molecule has 0 aliphatic heterocycles. The van der Waals surface area contributed by atoms with Crippen LogP contribution in [0.1, 0.15) is 45.0 Å². The fourth-order valence-corrected chi connectivity index (χ4v) is 3.67. The summed E-state index contributed by atoms with van der Waals surface area (Å²) in [6, 6.07) is 12.1. The Morgan fingerprint density at radius 1 is 1.11 bits per heavy atom. The van der Waals surface area contributed by atoms with Crippen molar-refractivity contribution in [2.24, 2.45) is 0 Å². The van der Waals surface area contributed by atoms with Gasteiger partial charge in [-0.05, 0) is 37.6 Å². The molecule has 0 spiro atoms. The molecule has 0 radical (unpaired) electrons. The van der Waals surface area contributed by atoms with Crippen LogP contribution in [0.15, 0.2) is 52.4 Å². The molecule has 0 saturated carbocycles. The van der Waals surface area contributed by atoms with E-state index in [2.05, 4.69) is 53.0 Å². The third kappa shape index (κ3) is 4.80. The summed E-state index contributed by atoms with van der Waals surface area (Å²) in [5, 5.41) is 14.3. The first kappa shape index (κ1) is 19.2. The summed E-state index contributed by atoms with van der Waals surface area (Å²) < 4.78 is 2.05. The highest BCUT2D eigenvalue weighted by molar-refractivity contribution is 7.99. The molecule has 0 fully saturated rings. The van der Waals surface area contributed by atoms with Crippen molar-refractivity contribution in [1.29, 1.82) is 0 Å².